The molecule has 0 bridgehead atoms. The van der Waals surface area contributed by atoms with Gasteiger partial charge in [0, 0.05) is 5.92 Å². The molecule has 1 fully saturated rings. The predicted octanol–water partition coefficient (Wildman–Crippen LogP) is 4.06. The van der Waals surface area contributed by atoms with Crippen molar-refractivity contribution in [2.24, 2.45) is 5.92 Å². The Labute approximate surface area is 193 Å². The van der Waals surface area contributed by atoms with Crippen LogP contribution < -0.4 is 10.6 Å². The number of carbonyl (C=O) groups is 3. The molecule has 3 N–H and O–H groups in total. The Morgan fingerprint density at radius 3 is 2.09 bits per heavy atom. The number of carbonyl (C=O) groups excluding carboxylic acids is 2. The number of rotatable bonds is 8. The Bertz CT molecular complexity index is 1010. The van der Waals surface area contributed by atoms with Crippen LogP contribution in [0, 0.1) is 5.92 Å². The second kappa shape index (κ2) is 9.25. The van der Waals surface area contributed by atoms with E-state index in [1.807, 2.05) is 50.2 Å². The molecular weight excluding hydrogens is 420 g/mol. The van der Waals surface area contributed by atoms with E-state index in [-0.39, 0.29) is 18.4 Å². The van der Waals surface area contributed by atoms with Gasteiger partial charge in [-0.15, -0.1) is 0 Å². The van der Waals surface area contributed by atoms with Crippen molar-refractivity contribution in [3.63, 3.8) is 0 Å². The van der Waals surface area contributed by atoms with Crippen LogP contribution in [0.5, 0.6) is 0 Å². The lowest BCUT2D eigenvalue weighted by Crippen LogP contribution is -2.64. The minimum absolute atomic E-state index is 0.0725. The fourth-order valence-corrected chi connectivity index (χ4v) is 4.76. The smallest absolute Gasteiger partial charge is 0.408 e. The normalized spacial score (nSPS) is 16.8. The first-order chi connectivity index (χ1) is 15.8. The first-order valence-corrected chi connectivity index (χ1v) is 11.5. The van der Waals surface area contributed by atoms with Crippen LogP contribution in [0.2, 0.25) is 0 Å². The summed E-state index contributed by atoms with van der Waals surface area (Å²) in [6, 6.07) is 15.2. The molecule has 2 aliphatic carbocycles. The van der Waals surface area contributed by atoms with Gasteiger partial charge in [-0.1, -0.05) is 62.4 Å². The maximum absolute atomic E-state index is 12.9. The maximum Gasteiger partial charge on any atom is 0.408 e. The molecule has 2 aliphatic rings. The molecule has 2 aromatic rings. The van der Waals surface area contributed by atoms with Gasteiger partial charge in [0.1, 0.15) is 18.2 Å². The zero-order valence-corrected chi connectivity index (χ0v) is 19.0. The number of nitrogens with one attached hydrogen (secondary N) is 2. The van der Waals surface area contributed by atoms with E-state index in [1.165, 1.54) is 0 Å². The van der Waals surface area contributed by atoms with Crippen molar-refractivity contribution in [2.75, 3.05) is 6.61 Å². The quantitative estimate of drug-likeness (QED) is 0.563. The molecule has 0 radical (unpaired) electrons. The summed E-state index contributed by atoms with van der Waals surface area (Å²) in [5, 5.41) is 14.8. The average molecular weight is 451 g/mol. The molecule has 0 heterocycles. The van der Waals surface area contributed by atoms with Crippen LogP contribution in [0.4, 0.5) is 4.79 Å². The summed E-state index contributed by atoms with van der Waals surface area (Å²) in [6.45, 7) is 3.95. The highest BCUT2D eigenvalue weighted by atomic mass is 16.5. The summed E-state index contributed by atoms with van der Waals surface area (Å²) in [5.41, 5.74) is 3.39. The third-order valence-corrected chi connectivity index (χ3v) is 6.64. The molecule has 2 aromatic carbocycles. The number of hydrogen-bond donors (Lipinski definition) is 3. The Kier molecular flexibility index (Phi) is 6.40. The molecule has 33 heavy (non-hydrogen) atoms. The molecule has 7 nitrogen and oxygen atoms in total. The van der Waals surface area contributed by atoms with Crippen molar-refractivity contribution in [3.8, 4) is 11.1 Å². The largest absolute Gasteiger partial charge is 0.480 e. The third-order valence-electron chi connectivity index (χ3n) is 6.64. The number of hydrogen-bond acceptors (Lipinski definition) is 4. The van der Waals surface area contributed by atoms with Gasteiger partial charge in [0.25, 0.3) is 0 Å². The standard InChI is InChI=1S/C26H30N2O5/c1-16(2)14-22(23(29)30)27-24(31)26(12-7-13-26)28-25(32)33-15-21-19-10-5-3-8-17(19)18-9-4-6-11-20(18)21/h3-6,8-11,16,21-22H,7,12-15H2,1-2H3,(H,27,31)(H,28,32)(H,29,30). The molecule has 0 spiro atoms. The minimum Gasteiger partial charge on any atom is -0.480 e. The van der Waals surface area contributed by atoms with Crippen molar-refractivity contribution < 1.29 is 24.2 Å². The zero-order valence-electron chi connectivity index (χ0n) is 19.0. The van der Waals surface area contributed by atoms with E-state index in [0.29, 0.717) is 19.3 Å². The molecule has 2 amide bonds. The monoisotopic (exact) mass is 450 g/mol. The van der Waals surface area contributed by atoms with Crippen molar-refractivity contribution in [1.82, 2.24) is 10.6 Å². The van der Waals surface area contributed by atoms with Crippen molar-refractivity contribution in [2.45, 2.75) is 57.0 Å². The lowest BCUT2D eigenvalue weighted by Gasteiger charge is -2.41. The predicted molar refractivity (Wildman–Crippen MR) is 124 cm³/mol. The number of aliphatic carboxylic acids is 1. The van der Waals surface area contributed by atoms with Crippen molar-refractivity contribution in [3.05, 3.63) is 59.7 Å². The Morgan fingerprint density at radius 2 is 1.61 bits per heavy atom. The highest BCUT2D eigenvalue weighted by Crippen LogP contribution is 2.44. The fraction of sp³-hybridized carbons (Fsp3) is 0.423. The SMILES string of the molecule is CC(C)CC(NC(=O)C1(NC(=O)OCC2c3ccccc3-c3ccccc32)CCC1)C(=O)O. The van der Waals surface area contributed by atoms with Crippen LogP contribution in [0.15, 0.2) is 48.5 Å². The second-order valence-electron chi connectivity index (χ2n) is 9.38. The van der Waals surface area contributed by atoms with Gasteiger partial charge in [-0.3, -0.25) is 4.79 Å². The van der Waals surface area contributed by atoms with E-state index in [1.54, 1.807) is 0 Å². The van der Waals surface area contributed by atoms with Crippen molar-refractivity contribution in [1.29, 1.82) is 0 Å². The van der Waals surface area contributed by atoms with Crippen LogP contribution in [0.3, 0.4) is 0 Å². The van der Waals surface area contributed by atoms with Crippen LogP contribution in [0.25, 0.3) is 11.1 Å². The number of fused-ring (bicyclic) bond motifs is 3. The minimum atomic E-state index is -1.12. The number of carboxylic acid groups (broad SMARTS) is 1. The number of carboxylic acids is 1. The number of ether oxygens (including phenoxy) is 1. The van der Waals surface area contributed by atoms with Crippen molar-refractivity contribution >= 4 is 18.0 Å². The van der Waals surface area contributed by atoms with Crippen LogP contribution in [-0.2, 0) is 14.3 Å². The highest BCUT2D eigenvalue weighted by Gasteiger charge is 2.47. The lowest BCUT2D eigenvalue weighted by atomic mass is 9.76. The maximum atomic E-state index is 12.9. The van der Waals surface area contributed by atoms with Gasteiger partial charge in [-0.2, -0.15) is 0 Å². The summed E-state index contributed by atoms with van der Waals surface area (Å²) in [7, 11) is 0. The molecule has 1 unspecified atom stereocenters. The van der Waals surface area contributed by atoms with Gasteiger partial charge in [0.2, 0.25) is 5.91 Å². The molecule has 0 aliphatic heterocycles. The summed E-state index contributed by atoms with van der Waals surface area (Å²) >= 11 is 0. The first kappa shape index (κ1) is 22.8. The van der Waals surface area contributed by atoms with Gasteiger partial charge in [-0.05, 0) is 53.9 Å². The third kappa shape index (κ3) is 4.58. The Balaban J connectivity index is 1.41. The number of benzene rings is 2. The zero-order chi connectivity index (χ0) is 23.6. The van der Waals surface area contributed by atoms with Gasteiger partial charge >= 0.3 is 12.1 Å². The van der Waals surface area contributed by atoms with Crippen LogP contribution >= 0.6 is 0 Å². The molecule has 4 rings (SSSR count). The number of alkyl carbamates (subject to hydrolysis) is 1. The second-order valence-corrected chi connectivity index (χ2v) is 9.38. The summed E-state index contributed by atoms with van der Waals surface area (Å²) in [5.74, 6) is -1.50. The summed E-state index contributed by atoms with van der Waals surface area (Å²) < 4.78 is 5.59. The number of amides is 2. The molecule has 1 atom stereocenters. The molecule has 1 saturated carbocycles. The topological polar surface area (TPSA) is 105 Å². The van der Waals surface area contributed by atoms with Gasteiger partial charge < -0.3 is 20.5 Å². The molecule has 0 saturated heterocycles. The Morgan fingerprint density at radius 1 is 1.03 bits per heavy atom. The lowest BCUT2D eigenvalue weighted by molar-refractivity contribution is -0.144. The van der Waals surface area contributed by atoms with Crippen LogP contribution in [-0.4, -0.2) is 41.3 Å². The average Bonchev–Trinajstić information content (AvgIpc) is 3.07. The summed E-state index contributed by atoms with van der Waals surface area (Å²) in [4.78, 5) is 37.2. The summed E-state index contributed by atoms with van der Waals surface area (Å²) in [6.07, 6.45) is 1.34. The van der Waals surface area contributed by atoms with Crippen LogP contribution in [0.1, 0.15) is 56.6 Å². The highest BCUT2D eigenvalue weighted by molar-refractivity contribution is 5.93. The molecule has 174 valence electrons. The molecule has 0 aromatic heterocycles. The van der Waals surface area contributed by atoms with E-state index in [0.717, 1.165) is 28.7 Å². The van der Waals surface area contributed by atoms with E-state index in [9.17, 15) is 19.5 Å². The van der Waals surface area contributed by atoms with E-state index in [2.05, 4.69) is 22.8 Å². The van der Waals surface area contributed by atoms with Gasteiger partial charge in [0.05, 0.1) is 0 Å². The van der Waals surface area contributed by atoms with E-state index in [4.69, 9.17) is 4.74 Å². The fourth-order valence-electron chi connectivity index (χ4n) is 4.76. The van der Waals surface area contributed by atoms with Gasteiger partial charge in [0.15, 0.2) is 0 Å². The molecule has 7 heteroatoms. The molecular formula is C26H30N2O5. The van der Waals surface area contributed by atoms with Gasteiger partial charge in [-0.25, -0.2) is 9.59 Å². The first-order valence-electron chi connectivity index (χ1n) is 11.5. The van der Waals surface area contributed by atoms with E-state index >= 15 is 0 Å². The van der Waals surface area contributed by atoms with E-state index < -0.39 is 29.6 Å². The Hall–Kier alpha value is -3.35.